The number of carboxylic acid groups (broad SMARTS) is 1. The molecule has 2 heterocycles. The second-order valence-corrected chi connectivity index (χ2v) is 4.26. The third-order valence-corrected chi connectivity index (χ3v) is 2.92. The lowest BCUT2D eigenvalue weighted by Crippen LogP contribution is -2.19. The molecule has 0 amide bonds. The Hall–Kier alpha value is -1.73. The van der Waals surface area contributed by atoms with E-state index in [9.17, 15) is 4.79 Å². The van der Waals surface area contributed by atoms with Gasteiger partial charge in [0.25, 0.3) is 0 Å². The van der Waals surface area contributed by atoms with Crippen molar-refractivity contribution in [1.82, 2.24) is 20.3 Å². The highest BCUT2D eigenvalue weighted by molar-refractivity contribution is 7.07. The second-order valence-electron chi connectivity index (χ2n) is 3.48. The van der Waals surface area contributed by atoms with Crippen molar-refractivity contribution in [3.8, 4) is 0 Å². The van der Waals surface area contributed by atoms with Crippen molar-refractivity contribution in [3.05, 3.63) is 34.3 Å². The number of rotatable bonds is 6. The van der Waals surface area contributed by atoms with Crippen molar-refractivity contribution in [1.29, 1.82) is 0 Å². The molecular formula is C10H12N4O2S. The van der Waals surface area contributed by atoms with Gasteiger partial charge in [-0.05, 0) is 22.4 Å². The van der Waals surface area contributed by atoms with Gasteiger partial charge in [-0.15, -0.1) is 5.10 Å². The predicted octanol–water partition coefficient (Wildman–Crippen LogP) is 0.828. The molecule has 0 aliphatic carbocycles. The van der Waals surface area contributed by atoms with Crippen LogP contribution in [0.1, 0.15) is 16.1 Å². The maximum Gasteiger partial charge on any atom is 0.358 e. The number of hydrogen-bond donors (Lipinski definition) is 2. The molecule has 0 aliphatic heterocycles. The summed E-state index contributed by atoms with van der Waals surface area (Å²) in [5, 5.41) is 23.3. The molecule has 2 aromatic rings. The van der Waals surface area contributed by atoms with Crippen LogP contribution < -0.4 is 5.32 Å². The van der Waals surface area contributed by atoms with Gasteiger partial charge in [-0.2, -0.15) is 11.3 Å². The monoisotopic (exact) mass is 252 g/mol. The van der Waals surface area contributed by atoms with Crippen molar-refractivity contribution in [3.63, 3.8) is 0 Å². The molecule has 6 nitrogen and oxygen atoms in total. The third-order valence-electron chi connectivity index (χ3n) is 2.18. The Morgan fingerprint density at radius 3 is 3.12 bits per heavy atom. The molecule has 0 saturated carbocycles. The standard InChI is InChI=1S/C10H12N4O2S/c15-10(16)9-6-14(13-12-9)3-2-11-5-8-1-4-17-7-8/h1,4,6-7,11H,2-3,5H2,(H,15,16). The molecule has 0 aromatic carbocycles. The minimum Gasteiger partial charge on any atom is -0.476 e. The van der Waals surface area contributed by atoms with Gasteiger partial charge in [0.05, 0.1) is 12.7 Å². The number of carbonyl (C=O) groups is 1. The summed E-state index contributed by atoms with van der Waals surface area (Å²) in [6.07, 6.45) is 1.43. The Morgan fingerprint density at radius 2 is 2.47 bits per heavy atom. The zero-order valence-electron chi connectivity index (χ0n) is 9.04. The van der Waals surface area contributed by atoms with Crippen molar-refractivity contribution in [2.24, 2.45) is 0 Å². The summed E-state index contributed by atoms with van der Waals surface area (Å²) in [5.74, 6) is -1.05. The van der Waals surface area contributed by atoms with Crippen LogP contribution in [0.5, 0.6) is 0 Å². The van der Waals surface area contributed by atoms with E-state index in [1.54, 1.807) is 11.3 Å². The molecule has 0 bridgehead atoms. The second kappa shape index (κ2) is 5.55. The number of aromatic nitrogens is 3. The first kappa shape index (κ1) is 11.7. The van der Waals surface area contributed by atoms with Crippen LogP contribution in [0.3, 0.4) is 0 Å². The van der Waals surface area contributed by atoms with E-state index in [-0.39, 0.29) is 5.69 Å². The number of nitrogens with zero attached hydrogens (tertiary/aromatic N) is 3. The van der Waals surface area contributed by atoms with E-state index in [4.69, 9.17) is 5.11 Å². The number of nitrogens with one attached hydrogen (secondary N) is 1. The molecule has 0 saturated heterocycles. The van der Waals surface area contributed by atoms with Gasteiger partial charge in [0, 0.05) is 13.1 Å². The minimum absolute atomic E-state index is 0.0252. The van der Waals surface area contributed by atoms with Crippen LogP contribution in [-0.4, -0.2) is 32.6 Å². The third kappa shape index (κ3) is 3.36. The Bertz CT molecular complexity index is 480. The largest absolute Gasteiger partial charge is 0.476 e. The van der Waals surface area contributed by atoms with E-state index in [1.165, 1.54) is 16.4 Å². The van der Waals surface area contributed by atoms with Crippen LogP contribution in [-0.2, 0) is 13.1 Å². The summed E-state index contributed by atoms with van der Waals surface area (Å²) in [4.78, 5) is 10.6. The van der Waals surface area contributed by atoms with Gasteiger partial charge in [0.2, 0.25) is 0 Å². The lowest BCUT2D eigenvalue weighted by molar-refractivity contribution is 0.0690. The van der Waals surface area contributed by atoms with Crippen LogP contribution in [0.25, 0.3) is 0 Å². The lowest BCUT2D eigenvalue weighted by Gasteiger charge is -2.02. The van der Waals surface area contributed by atoms with Crippen molar-refractivity contribution in [2.75, 3.05) is 6.54 Å². The summed E-state index contributed by atoms with van der Waals surface area (Å²) in [7, 11) is 0. The molecule has 0 unspecified atom stereocenters. The fourth-order valence-electron chi connectivity index (χ4n) is 1.33. The zero-order chi connectivity index (χ0) is 12.1. The molecule has 17 heavy (non-hydrogen) atoms. The number of hydrogen-bond acceptors (Lipinski definition) is 5. The van der Waals surface area contributed by atoms with Gasteiger partial charge in [-0.25, -0.2) is 4.79 Å². The van der Waals surface area contributed by atoms with E-state index in [0.29, 0.717) is 6.54 Å². The highest BCUT2D eigenvalue weighted by atomic mass is 32.1. The number of carboxylic acids is 1. The smallest absolute Gasteiger partial charge is 0.358 e. The van der Waals surface area contributed by atoms with Gasteiger partial charge in [-0.1, -0.05) is 5.21 Å². The summed E-state index contributed by atoms with van der Waals surface area (Å²) in [6.45, 7) is 2.13. The first-order chi connectivity index (χ1) is 8.25. The zero-order valence-corrected chi connectivity index (χ0v) is 9.85. The normalized spacial score (nSPS) is 10.6. The Balaban J connectivity index is 1.72. The summed E-state index contributed by atoms with van der Waals surface area (Å²) >= 11 is 1.67. The van der Waals surface area contributed by atoms with Crippen molar-refractivity contribution < 1.29 is 9.90 Å². The first-order valence-corrected chi connectivity index (χ1v) is 6.05. The maximum atomic E-state index is 10.6. The van der Waals surface area contributed by atoms with E-state index < -0.39 is 5.97 Å². The average molecular weight is 252 g/mol. The highest BCUT2D eigenvalue weighted by Gasteiger charge is 2.07. The maximum absolute atomic E-state index is 10.6. The Kier molecular flexibility index (Phi) is 3.84. The SMILES string of the molecule is O=C(O)c1cn(CCNCc2ccsc2)nn1. The first-order valence-electron chi connectivity index (χ1n) is 5.11. The fourth-order valence-corrected chi connectivity index (χ4v) is 1.99. The molecule has 0 radical (unpaired) electrons. The lowest BCUT2D eigenvalue weighted by atomic mass is 10.3. The van der Waals surface area contributed by atoms with Gasteiger partial charge in [0.15, 0.2) is 5.69 Å². The number of aromatic carboxylic acids is 1. The van der Waals surface area contributed by atoms with Crippen molar-refractivity contribution >= 4 is 17.3 Å². The minimum atomic E-state index is -1.05. The molecule has 0 aliphatic rings. The van der Waals surface area contributed by atoms with Crippen LogP contribution >= 0.6 is 11.3 Å². The van der Waals surface area contributed by atoms with Crippen LogP contribution in [0.2, 0.25) is 0 Å². The summed E-state index contributed by atoms with van der Waals surface area (Å²) in [6, 6.07) is 2.07. The number of thiophene rings is 1. The average Bonchev–Trinajstić information content (AvgIpc) is 2.96. The molecule has 90 valence electrons. The fraction of sp³-hybridized carbons (Fsp3) is 0.300. The van der Waals surface area contributed by atoms with Gasteiger partial charge in [-0.3, -0.25) is 4.68 Å². The van der Waals surface area contributed by atoms with Gasteiger partial charge in [0.1, 0.15) is 0 Å². The van der Waals surface area contributed by atoms with Gasteiger partial charge >= 0.3 is 5.97 Å². The molecule has 2 aromatic heterocycles. The summed E-state index contributed by atoms with van der Waals surface area (Å²) < 4.78 is 1.52. The van der Waals surface area contributed by atoms with E-state index in [0.717, 1.165) is 13.1 Å². The topological polar surface area (TPSA) is 80.0 Å². The molecule has 0 fully saturated rings. The highest BCUT2D eigenvalue weighted by Crippen LogP contribution is 2.04. The Morgan fingerprint density at radius 1 is 1.59 bits per heavy atom. The Labute approximate surface area is 102 Å². The van der Waals surface area contributed by atoms with Crippen LogP contribution in [0.15, 0.2) is 23.0 Å². The van der Waals surface area contributed by atoms with E-state index in [2.05, 4.69) is 27.1 Å². The molecule has 2 N–H and O–H groups in total. The molecular weight excluding hydrogens is 240 g/mol. The van der Waals surface area contributed by atoms with Crippen LogP contribution in [0.4, 0.5) is 0 Å². The van der Waals surface area contributed by atoms with Crippen molar-refractivity contribution in [2.45, 2.75) is 13.1 Å². The van der Waals surface area contributed by atoms with Crippen LogP contribution in [0, 0.1) is 0 Å². The van der Waals surface area contributed by atoms with E-state index in [1.807, 2.05) is 5.38 Å². The molecule has 0 spiro atoms. The quantitative estimate of drug-likeness (QED) is 0.744. The summed E-state index contributed by atoms with van der Waals surface area (Å²) in [5.41, 5.74) is 1.22. The molecule has 7 heteroatoms. The van der Waals surface area contributed by atoms with Gasteiger partial charge < -0.3 is 10.4 Å². The van der Waals surface area contributed by atoms with E-state index >= 15 is 0 Å². The molecule has 0 atom stereocenters. The predicted molar refractivity (Wildman–Crippen MR) is 63.0 cm³/mol. The molecule has 2 rings (SSSR count).